The minimum absolute atomic E-state index is 0.112. The molecule has 5 nitrogen and oxygen atoms in total. The van der Waals surface area contributed by atoms with Crippen LogP contribution in [0.1, 0.15) is 28.4 Å². The van der Waals surface area contributed by atoms with E-state index in [4.69, 9.17) is 14.2 Å². The van der Waals surface area contributed by atoms with Gasteiger partial charge in [0.1, 0.15) is 0 Å². The molecule has 0 amide bonds. The van der Waals surface area contributed by atoms with Crippen molar-refractivity contribution in [1.29, 1.82) is 0 Å². The third-order valence-corrected chi connectivity index (χ3v) is 4.06. The van der Waals surface area contributed by atoms with Crippen molar-refractivity contribution in [3.63, 3.8) is 0 Å². The zero-order valence-electron chi connectivity index (χ0n) is 13.4. The summed E-state index contributed by atoms with van der Waals surface area (Å²) in [6.07, 6.45) is 0.364. The van der Waals surface area contributed by atoms with E-state index in [-0.39, 0.29) is 11.8 Å². The highest BCUT2D eigenvalue weighted by atomic mass is 16.5. The largest absolute Gasteiger partial charge is 0.493 e. The Hall–Kier alpha value is -2.69. The highest BCUT2D eigenvalue weighted by Gasteiger charge is 2.29. The number of carbonyl (C=O) groups is 1. The number of ether oxygens (including phenoxy) is 3. The standard InChI is InChI=1S/C18H19NO4/c1-21-16-9-8-12(17(22-2)18(16)23-3)14-10-15(20)11-6-4-5-7-13(11)19-14/h4-9,14,19H,10H2,1-3H3/t14-/m0/s1. The van der Waals surface area contributed by atoms with Crippen molar-refractivity contribution >= 4 is 11.5 Å². The Morgan fingerprint density at radius 3 is 2.39 bits per heavy atom. The number of hydrogen-bond donors (Lipinski definition) is 1. The number of anilines is 1. The van der Waals surface area contributed by atoms with Crippen LogP contribution in [0.2, 0.25) is 0 Å². The van der Waals surface area contributed by atoms with E-state index in [9.17, 15) is 4.79 Å². The second kappa shape index (κ2) is 6.20. The third-order valence-electron chi connectivity index (χ3n) is 4.06. The van der Waals surface area contributed by atoms with Gasteiger partial charge in [-0.15, -0.1) is 0 Å². The molecule has 23 heavy (non-hydrogen) atoms. The maximum Gasteiger partial charge on any atom is 0.203 e. The number of Topliss-reactive ketones (excluding diaryl/α,β-unsaturated/α-hetero) is 1. The monoisotopic (exact) mass is 313 g/mol. The van der Waals surface area contributed by atoms with Crippen molar-refractivity contribution in [3.8, 4) is 17.2 Å². The average molecular weight is 313 g/mol. The van der Waals surface area contributed by atoms with Crippen LogP contribution in [0.4, 0.5) is 5.69 Å². The van der Waals surface area contributed by atoms with Crippen molar-refractivity contribution in [2.75, 3.05) is 26.6 Å². The van der Waals surface area contributed by atoms with Gasteiger partial charge in [0, 0.05) is 23.2 Å². The summed E-state index contributed by atoms with van der Waals surface area (Å²) in [5.74, 6) is 1.81. The maximum atomic E-state index is 12.4. The molecule has 0 unspecified atom stereocenters. The van der Waals surface area contributed by atoms with E-state index in [0.717, 1.165) is 16.8 Å². The minimum atomic E-state index is -0.174. The Kier molecular flexibility index (Phi) is 4.10. The van der Waals surface area contributed by atoms with E-state index in [1.807, 2.05) is 36.4 Å². The molecule has 0 saturated carbocycles. The molecule has 3 rings (SSSR count). The average Bonchev–Trinajstić information content (AvgIpc) is 2.60. The third kappa shape index (κ3) is 2.59. The summed E-state index contributed by atoms with van der Waals surface area (Å²) in [4.78, 5) is 12.4. The number of carbonyl (C=O) groups excluding carboxylic acids is 1. The van der Waals surface area contributed by atoms with E-state index < -0.39 is 0 Å². The molecular weight excluding hydrogens is 294 g/mol. The molecule has 0 saturated heterocycles. The van der Waals surface area contributed by atoms with Crippen LogP contribution in [0.5, 0.6) is 17.2 Å². The number of ketones is 1. The lowest BCUT2D eigenvalue weighted by atomic mass is 9.91. The lowest BCUT2D eigenvalue weighted by Crippen LogP contribution is -2.23. The van der Waals surface area contributed by atoms with Gasteiger partial charge in [-0.1, -0.05) is 12.1 Å². The Morgan fingerprint density at radius 2 is 1.70 bits per heavy atom. The van der Waals surface area contributed by atoms with E-state index in [1.165, 1.54) is 0 Å². The van der Waals surface area contributed by atoms with E-state index in [2.05, 4.69) is 5.32 Å². The van der Waals surface area contributed by atoms with Gasteiger partial charge in [0.25, 0.3) is 0 Å². The summed E-state index contributed by atoms with van der Waals surface area (Å²) in [5.41, 5.74) is 2.43. The fraction of sp³-hybridized carbons (Fsp3) is 0.278. The minimum Gasteiger partial charge on any atom is -0.493 e. The second-order valence-electron chi connectivity index (χ2n) is 5.29. The van der Waals surface area contributed by atoms with Crippen LogP contribution in [0.25, 0.3) is 0 Å². The van der Waals surface area contributed by atoms with Gasteiger partial charge in [-0.3, -0.25) is 4.79 Å². The van der Waals surface area contributed by atoms with Crippen molar-refractivity contribution < 1.29 is 19.0 Å². The van der Waals surface area contributed by atoms with Gasteiger partial charge < -0.3 is 19.5 Å². The second-order valence-corrected chi connectivity index (χ2v) is 5.29. The predicted octanol–water partition coefficient (Wildman–Crippen LogP) is 3.45. The molecule has 1 heterocycles. The Morgan fingerprint density at radius 1 is 0.957 bits per heavy atom. The van der Waals surface area contributed by atoms with Crippen molar-refractivity contribution in [2.24, 2.45) is 0 Å². The molecule has 0 spiro atoms. The Bertz CT molecular complexity index is 742. The molecule has 0 radical (unpaired) electrons. The highest BCUT2D eigenvalue weighted by Crippen LogP contribution is 2.44. The number of methoxy groups -OCH3 is 3. The normalized spacial score (nSPS) is 16.3. The zero-order valence-corrected chi connectivity index (χ0v) is 13.4. The molecule has 2 aromatic carbocycles. The van der Waals surface area contributed by atoms with E-state index in [1.54, 1.807) is 21.3 Å². The van der Waals surface area contributed by atoms with Crippen LogP contribution < -0.4 is 19.5 Å². The van der Waals surface area contributed by atoms with Gasteiger partial charge in [-0.05, 0) is 24.3 Å². The number of benzene rings is 2. The summed E-state index contributed by atoms with van der Waals surface area (Å²) in [5, 5.41) is 3.41. The number of rotatable bonds is 4. The Balaban J connectivity index is 2.05. The van der Waals surface area contributed by atoms with Gasteiger partial charge >= 0.3 is 0 Å². The molecule has 120 valence electrons. The lowest BCUT2D eigenvalue weighted by molar-refractivity contribution is 0.0972. The molecule has 1 N–H and O–H groups in total. The van der Waals surface area contributed by atoms with E-state index in [0.29, 0.717) is 23.7 Å². The van der Waals surface area contributed by atoms with Crippen LogP contribution in [-0.4, -0.2) is 27.1 Å². The molecule has 0 aliphatic carbocycles. The number of fused-ring (bicyclic) bond motifs is 1. The maximum absolute atomic E-state index is 12.4. The SMILES string of the molecule is COc1ccc([C@@H]2CC(=O)c3ccccc3N2)c(OC)c1OC. The molecule has 1 aliphatic heterocycles. The first kappa shape index (κ1) is 15.2. The number of nitrogens with one attached hydrogen (secondary N) is 1. The first-order valence-corrected chi connectivity index (χ1v) is 7.37. The molecule has 0 bridgehead atoms. The molecule has 0 fully saturated rings. The van der Waals surface area contributed by atoms with Crippen molar-refractivity contribution in [3.05, 3.63) is 47.5 Å². The van der Waals surface area contributed by atoms with Crippen molar-refractivity contribution in [2.45, 2.75) is 12.5 Å². The zero-order chi connectivity index (χ0) is 16.4. The number of hydrogen-bond acceptors (Lipinski definition) is 5. The summed E-state index contributed by atoms with van der Waals surface area (Å²) >= 11 is 0. The molecule has 1 aliphatic rings. The van der Waals surface area contributed by atoms with Gasteiger partial charge in [0.05, 0.1) is 27.4 Å². The first-order valence-electron chi connectivity index (χ1n) is 7.37. The van der Waals surface area contributed by atoms with Gasteiger partial charge in [0.15, 0.2) is 17.3 Å². The summed E-state index contributed by atoms with van der Waals surface area (Å²) in [7, 11) is 4.73. The molecular formula is C18H19NO4. The summed E-state index contributed by atoms with van der Waals surface area (Å²) in [6.45, 7) is 0. The Labute approximate surface area is 135 Å². The summed E-state index contributed by atoms with van der Waals surface area (Å²) in [6, 6.07) is 11.1. The topological polar surface area (TPSA) is 56.8 Å². The van der Waals surface area contributed by atoms with Crippen LogP contribution in [0.15, 0.2) is 36.4 Å². The van der Waals surface area contributed by atoms with Crippen molar-refractivity contribution in [1.82, 2.24) is 0 Å². The van der Waals surface area contributed by atoms with Crippen LogP contribution in [0.3, 0.4) is 0 Å². The molecule has 1 atom stereocenters. The lowest BCUT2D eigenvalue weighted by Gasteiger charge is -2.28. The van der Waals surface area contributed by atoms with Crippen LogP contribution >= 0.6 is 0 Å². The first-order chi connectivity index (χ1) is 11.2. The molecule has 2 aromatic rings. The smallest absolute Gasteiger partial charge is 0.203 e. The fourth-order valence-electron chi connectivity index (χ4n) is 2.97. The van der Waals surface area contributed by atoms with E-state index >= 15 is 0 Å². The van der Waals surface area contributed by atoms with Gasteiger partial charge in [0.2, 0.25) is 5.75 Å². The van der Waals surface area contributed by atoms with Crippen LogP contribution in [0, 0.1) is 0 Å². The van der Waals surface area contributed by atoms with Crippen LogP contribution in [-0.2, 0) is 0 Å². The molecule has 5 heteroatoms. The predicted molar refractivity (Wildman–Crippen MR) is 87.9 cm³/mol. The quantitative estimate of drug-likeness (QED) is 0.937. The summed E-state index contributed by atoms with van der Waals surface area (Å²) < 4.78 is 16.3. The molecule has 0 aromatic heterocycles. The number of para-hydroxylation sites is 1. The van der Waals surface area contributed by atoms with Gasteiger partial charge in [-0.2, -0.15) is 0 Å². The highest BCUT2D eigenvalue weighted by molar-refractivity contribution is 6.03. The fourth-order valence-corrected chi connectivity index (χ4v) is 2.97. The van der Waals surface area contributed by atoms with Gasteiger partial charge in [-0.25, -0.2) is 0 Å².